The molecule has 3 N–H and O–H groups in total. The highest BCUT2D eigenvalue weighted by Crippen LogP contribution is 2.54. The maximum Gasteiger partial charge on any atom is 0.145 e. The molecule has 0 amide bonds. The van der Waals surface area contributed by atoms with Crippen molar-refractivity contribution in [2.24, 2.45) is 0 Å². The number of aromatic amines is 1. The average Bonchev–Trinajstić information content (AvgIpc) is 2.95. The first kappa shape index (κ1) is 9.39. The highest BCUT2D eigenvalue weighted by atomic mass is 19.1. The number of H-pyrrole nitrogens is 1. The van der Waals surface area contributed by atoms with Crippen molar-refractivity contribution in [3.63, 3.8) is 0 Å². The summed E-state index contributed by atoms with van der Waals surface area (Å²) in [6, 6.07) is 8.76. The van der Waals surface area contributed by atoms with Gasteiger partial charge in [-0.1, -0.05) is 18.2 Å². The number of rotatable bonds is 2. The average molecular weight is 217 g/mol. The van der Waals surface area contributed by atoms with Gasteiger partial charge in [-0.15, -0.1) is 0 Å². The predicted molar refractivity (Wildman–Crippen MR) is 59.5 cm³/mol. The van der Waals surface area contributed by atoms with Crippen molar-refractivity contribution in [1.29, 1.82) is 0 Å². The summed E-state index contributed by atoms with van der Waals surface area (Å²) in [5.41, 5.74) is 7.34. The first-order chi connectivity index (χ1) is 7.75. The van der Waals surface area contributed by atoms with Gasteiger partial charge in [-0.2, -0.15) is 5.10 Å². The van der Waals surface area contributed by atoms with E-state index in [0.29, 0.717) is 11.7 Å². The summed E-state index contributed by atoms with van der Waals surface area (Å²) in [5.74, 6) is 0.972. The Balaban J connectivity index is 1.84. The van der Waals surface area contributed by atoms with Gasteiger partial charge in [0.25, 0.3) is 0 Å². The van der Waals surface area contributed by atoms with Gasteiger partial charge in [-0.05, 0) is 24.0 Å². The SMILES string of the molecule is Nc1cc([C@@H]2C[C@H]2c2ccccc2F)[nH]n1. The molecule has 0 unspecified atom stereocenters. The monoisotopic (exact) mass is 217 g/mol. The number of hydrogen-bond donors (Lipinski definition) is 2. The maximum atomic E-state index is 13.5. The molecule has 2 aromatic rings. The highest BCUT2D eigenvalue weighted by Gasteiger charge is 2.41. The number of benzene rings is 1. The molecule has 3 rings (SSSR count). The largest absolute Gasteiger partial charge is 0.382 e. The summed E-state index contributed by atoms with van der Waals surface area (Å²) < 4.78 is 13.5. The molecule has 0 radical (unpaired) electrons. The van der Waals surface area contributed by atoms with Gasteiger partial charge in [-0.25, -0.2) is 4.39 Å². The summed E-state index contributed by atoms with van der Waals surface area (Å²) in [5, 5.41) is 6.78. The third-order valence-corrected chi connectivity index (χ3v) is 3.11. The number of nitrogens with zero attached hydrogens (tertiary/aromatic N) is 1. The summed E-state index contributed by atoms with van der Waals surface area (Å²) >= 11 is 0. The molecule has 1 heterocycles. The van der Waals surface area contributed by atoms with Crippen LogP contribution in [0.1, 0.15) is 29.5 Å². The van der Waals surface area contributed by atoms with Crippen LogP contribution < -0.4 is 5.73 Å². The van der Waals surface area contributed by atoms with Crippen LogP contribution in [0.15, 0.2) is 30.3 Å². The summed E-state index contributed by atoms with van der Waals surface area (Å²) in [4.78, 5) is 0. The fourth-order valence-corrected chi connectivity index (χ4v) is 2.20. The number of anilines is 1. The Morgan fingerprint density at radius 1 is 1.31 bits per heavy atom. The number of hydrogen-bond acceptors (Lipinski definition) is 2. The van der Waals surface area contributed by atoms with Crippen LogP contribution in [0.5, 0.6) is 0 Å². The predicted octanol–water partition coefficient (Wildman–Crippen LogP) is 2.40. The molecule has 16 heavy (non-hydrogen) atoms. The Morgan fingerprint density at radius 2 is 2.12 bits per heavy atom. The van der Waals surface area contributed by atoms with Gasteiger partial charge in [0.05, 0.1) is 0 Å². The summed E-state index contributed by atoms with van der Waals surface area (Å²) in [6.45, 7) is 0. The van der Waals surface area contributed by atoms with Gasteiger partial charge in [0.1, 0.15) is 11.6 Å². The Labute approximate surface area is 92.5 Å². The molecule has 82 valence electrons. The van der Waals surface area contributed by atoms with E-state index in [-0.39, 0.29) is 11.7 Å². The van der Waals surface area contributed by atoms with E-state index in [2.05, 4.69) is 10.2 Å². The van der Waals surface area contributed by atoms with Crippen molar-refractivity contribution >= 4 is 5.82 Å². The topological polar surface area (TPSA) is 54.7 Å². The van der Waals surface area contributed by atoms with E-state index in [1.807, 2.05) is 18.2 Å². The Hall–Kier alpha value is -1.84. The zero-order valence-electron chi connectivity index (χ0n) is 8.65. The van der Waals surface area contributed by atoms with E-state index in [1.54, 1.807) is 6.07 Å². The summed E-state index contributed by atoms with van der Waals surface area (Å²) in [6.07, 6.45) is 0.961. The quantitative estimate of drug-likeness (QED) is 0.811. The molecule has 1 saturated carbocycles. The van der Waals surface area contributed by atoms with Crippen molar-refractivity contribution in [2.75, 3.05) is 5.73 Å². The van der Waals surface area contributed by atoms with Crippen molar-refractivity contribution in [3.05, 3.63) is 47.4 Å². The number of aromatic nitrogens is 2. The Morgan fingerprint density at radius 3 is 2.81 bits per heavy atom. The van der Waals surface area contributed by atoms with Gasteiger partial charge < -0.3 is 5.73 Å². The number of nitrogen functional groups attached to an aromatic ring is 1. The van der Waals surface area contributed by atoms with E-state index in [0.717, 1.165) is 17.7 Å². The molecule has 0 bridgehead atoms. The summed E-state index contributed by atoms with van der Waals surface area (Å²) in [7, 11) is 0. The molecular formula is C12H12FN3. The van der Waals surface area contributed by atoms with Crippen LogP contribution in [0.4, 0.5) is 10.2 Å². The molecular weight excluding hydrogens is 205 g/mol. The van der Waals surface area contributed by atoms with Gasteiger partial charge in [0.2, 0.25) is 0 Å². The molecule has 0 aliphatic heterocycles. The van der Waals surface area contributed by atoms with Crippen LogP contribution in [0.3, 0.4) is 0 Å². The highest BCUT2D eigenvalue weighted by molar-refractivity contribution is 5.38. The van der Waals surface area contributed by atoms with Crippen LogP contribution >= 0.6 is 0 Å². The second-order valence-electron chi connectivity index (χ2n) is 4.22. The van der Waals surface area contributed by atoms with E-state index in [4.69, 9.17) is 5.73 Å². The van der Waals surface area contributed by atoms with Crippen LogP contribution in [0.2, 0.25) is 0 Å². The van der Waals surface area contributed by atoms with Gasteiger partial charge >= 0.3 is 0 Å². The van der Waals surface area contributed by atoms with Crippen LogP contribution in [-0.4, -0.2) is 10.2 Å². The number of nitrogens with one attached hydrogen (secondary N) is 1. The first-order valence-corrected chi connectivity index (χ1v) is 5.31. The smallest absolute Gasteiger partial charge is 0.145 e. The molecule has 1 aliphatic carbocycles. The Kier molecular flexibility index (Phi) is 1.96. The van der Waals surface area contributed by atoms with Crippen molar-refractivity contribution in [1.82, 2.24) is 10.2 Å². The number of halogens is 1. The van der Waals surface area contributed by atoms with Crippen molar-refractivity contribution < 1.29 is 4.39 Å². The lowest BCUT2D eigenvalue weighted by Gasteiger charge is -2.00. The lowest BCUT2D eigenvalue weighted by atomic mass is 10.1. The van der Waals surface area contributed by atoms with Crippen molar-refractivity contribution in [2.45, 2.75) is 18.3 Å². The van der Waals surface area contributed by atoms with Crippen LogP contribution in [0.25, 0.3) is 0 Å². The number of nitrogens with two attached hydrogens (primary N) is 1. The standard InChI is InChI=1S/C12H12FN3/c13-10-4-2-1-3-7(10)8-5-9(8)11-6-12(14)16-15-11/h1-4,6,8-9H,5H2,(H3,14,15,16)/t8-,9+/m0/s1. The molecule has 0 saturated heterocycles. The fraction of sp³-hybridized carbons (Fsp3) is 0.250. The normalized spacial score (nSPS) is 23.3. The minimum Gasteiger partial charge on any atom is -0.382 e. The lowest BCUT2D eigenvalue weighted by Crippen LogP contribution is -1.88. The molecule has 1 fully saturated rings. The Bertz CT molecular complexity index is 520. The van der Waals surface area contributed by atoms with Crippen molar-refractivity contribution in [3.8, 4) is 0 Å². The maximum absolute atomic E-state index is 13.5. The van der Waals surface area contributed by atoms with Gasteiger partial charge in [0.15, 0.2) is 0 Å². The second-order valence-corrected chi connectivity index (χ2v) is 4.22. The van der Waals surface area contributed by atoms with E-state index in [9.17, 15) is 4.39 Å². The third-order valence-electron chi connectivity index (χ3n) is 3.11. The van der Waals surface area contributed by atoms with Crippen LogP contribution in [0, 0.1) is 5.82 Å². The third kappa shape index (κ3) is 1.46. The van der Waals surface area contributed by atoms with Gasteiger partial charge in [-0.3, -0.25) is 5.10 Å². The first-order valence-electron chi connectivity index (χ1n) is 5.31. The molecule has 1 aliphatic rings. The van der Waals surface area contributed by atoms with Gasteiger partial charge in [0, 0.05) is 17.7 Å². The second kappa shape index (κ2) is 3.33. The molecule has 1 aromatic heterocycles. The molecule has 3 nitrogen and oxygen atoms in total. The van der Waals surface area contributed by atoms with E-state index >= 15 is 0 Å². The van der Waals surface area contributed by atoms with E-state index in [1.165, 1.54) is 6.07 Å². The zero-order valence-corrected chi connectivity index (χ0v) is 8.65. The minimum absolute atomic E-state index is 0.123. The fourth-order valence-electron chi connectivity index (χ4n) is 2.20. The van der Waals surface area contributed by atoms with E-state index < -0.39 is 0 Å². The minimum atomic E-state index is -0.123. The molecule has 4 heteroatoms. The van der Waals surface area contributed by atoms with Crippen LogP contribution in [-0.2, 0) is 0 Å². The molecule has 2 atom stereocenters. The zero-order chi connectivity index (χ0) is 11.1. The molecule has 0 spiro atoms. The molecule has 1 aromatic carbocycles. The lowest BCUT2D eigenvalue weighted by molar-refractivity contribution is 0.609.